The number of nitrogens with one attached hydrogen (secondary N) is 4. The van der Waals surface area contributed by atoms with E-state index in [0.29, 0.717) is 36.0 Å². The molecule has 4 N–H and O–H groups in total. The number of methoxy groups -OCH3 is 2. The Hall–Kier alpha value is -5.69. The highest BCUT2D eigenvalue weighted by atomic mass is 35.5. The van der Waals surface area contributed by atoms with Gasteiger partial charge in [0.15, 0.2) is 5.82 Å². The number of benzene rings is 3. The molecular weight excluding hydrogens is 848 g/mol. The van der Waals surface area contributed by atoms with Gasteiger partial charge >= 0.3 is 0 Å². The van der Waals surface area contributed by atoms with Crippen LogP contribution >= 0.6 is 11.6 Å². The number of amides is 3. The van der Waals surface area contributed by atoms with E-state index in [2.05, 4.69) is 51.4 Å². The van der Waals surface area contributed by atoms with Gasteiger partial charge in [0.2, 0.25) is 27.8 Å². The quantitative estimate of drug-likeness (QED) is 0.125. The van der Waals surface area contributed by atoms with Gasteiger partial charge in [0.05, 0.1) is 38.0 Å². The van der Waals surface area contributed by atoms with Crippen LogP contribution in [0.25, 0.3) is 0 Å². The highest BCUT2D eigenvalue weighted by Crippen LogP contribution is 2.39. The van der Waals surface area contributed by atoms with Crippen LogP contribution in [0, 0.1) is 6.92 Å². The van der Waals surface area contributed by atoms with Crippen LogP contribution in [0.15, 0.2) is 54.7 Å². The van der Waals surface area contributed by atoms with E-state index >= 15 is 0 Å². The van der Waals surface area contributed by atoms with Crippen LogP contribution in [0.1, 0.15) is 56.8 Å². The second-order valence-corrected chi connectivity index (χ2v) is 17.8. The molecule has 1 unspecified atom stereocenters. The zero-order valence-electron chi connectivity index (χ0n) is 38.4. The summed E-state index contributed by atoms with van der Waals surface area (Å²) < 4.78 is 60.8. The van der Waals surface area contributed by atoms with Crippen molar-refractivity contribution in [3.63, 3.8) is 0 Å². The molecule has 17 nitrogen and oxygen atoms in total. The molecule has 4 aromatic rings. The van der Waals surface area contributed by atoms with E-state index in [4.69, 9.17) is 25.2 Å². The molecule has 4 aliphatic rings. The molecule has 63 heavy (non-hydrogen) atoms. The highest BCUT2D eigenvalue weighted by Gasteiger charge is 2.39. The minimum atomic E-state index is -4.80. The van der Waals surface area contributed by atoms with E-state index in [1.807, 2.05) is 31.2 Å². The summed E-state index contributed by atoms with van der Waals surface area (Å²) in [5.74, 6) is 0.103. The molecular formula is C44H53ClN10O7S. The van der Waals surface area contributed by atoms with Crippen LogP contribution in [-0.2, 0) is 32.6 Å². The molecule has 3 aromatic carbocycles. The number of fused-ring (bicyclic) bond motifs is 1. The number of carbonyl (C=O) groups is 3. The lowest BCUT2D eigenvalue weighted by Crippen LogP contribution is -2.53. The number of aryl methyl sites for hydroxylation is 1. The third-order valence-corrected chi connectivity index (χ3v) is 13.0. The maximum atomic E-state index is 13.1. The fourth-order valence-electron chi connectivity index (χ4n) is 8.99. The van der Waals surface area contributed by atoms with E-state index in [1.54, 1.807) is 18.1 Å². The Morgan fingerprint density at radius 3 is 2.44 bits per heavy atom. The lowest BCUT2D eigenvalue weighted by atomic mass is 10.00. The minimum absolute atomic E-state index is 0.0743. The number of nitrogens with zero attached hydrogens (tertiary/aromatic N) is 6. The van der Waals surface area contributed by atoms with Crippen LogP contribution in [-0.4, -0.2) is 129 Å². The van der Waals surface area contributed by atoms with Crippen LogP contribution in [0.5, 0.6) is 11.5 Å². The maximum Gasteiger partial charge on any atom is 0.255 e. The molecule has 0 aliphatic carbocycles. The van der Waals surface area contributed by atoms with Crippen LogP contribution in [0.2, 0.25) is 5.02 Å². The van der Waals surface area contributed by atoms with Crippen molar-refractivity contribution >= 4 is 73.9 Å². The minimum Gasteiger partial charge on any atom is -0.494 e. The highest BCUT2D eigenvalue weighted by molar-refractivity contribution is 7.92. The normalized spacial score (nSPS) is 19.8. The number of piperazine rings is 1. The average molecular weight is 905 g/mol. The predicted molar refractivity (Wildman–Crippen MR) is 242 cm³/mol. The van der Waals surface area contributed by atoms with E-state index in [1.165, 1.54) is 31.0 Å². The summed E-state index contributed by atoms with van der Waals surface area (Å²) in [4.78, 5) is 55.2. The Morgan fingerprint density at radius 1 is 0.937 bits per heavy atom. The topological polar surface area (TPSA) is 191 Å². The van der Waals surface area contributed by atoms with Crippen LogP contribution in [0.3, 0.4) is 0 Å². The van der Waals surface area contributed by atoms with Gasteiger partial charge < -0.3 is 34.8 Å². The van der Waals surface area contributed by atoms with Crippen molar-refractivity contribution in [1.82, 2.24) is 30.0 Å². The summed E-state index contributed by atoms with van der Waals surface area (Å²) in [7, 11) is -1.87. The monoisotopic (exact) mass is 903 g/mol. The zero-order chi connectivity index (χ0) is 46.9. The van der Waals surface area contributed by atoms with Crippen molar-refractivity contribution in [1.29, 1.82) is 0 Å². The standard InChI is InChI=1S/C44H53ClN10O7S/c1-27-22-34(48-44-46-25-32(45)41(50-44)47-33-6-5-7-37(61-2)40(33)51-63(4,59)60)38(62-3)24-36(27)54-16-13-30(14-17-54)53-20-18-52(19-21-53)15-12-28-8-9-31-29(23-28)26-55(43(31)58)35-10-11-39(56)49-42(35)57/h5-9,22-25,30,35,51H,10-21,26H2,1-4H3,(H,49,56,57)(H2,46,47,48,50)/i4D3. The number of hydrogen-bond acceptors (Lipinski definition) is 14. The van der Waals surface area contributed by atoms with Gasteiger partial charge in [-0.15, -0.1) is 0 Å². The van der Waals surface area contributed by atoms with Crippen molar-refractivity contribution in [2.75, 3.05) is 86.5 Å². The molecule has 19 heteroatoms. The van der Waals surface area contributed by atoms with Crippen molar-refractivity contribution in [3.8, 4) is 11.5 Å². The number of hydrogen-bond donors (Lipinski definition) is 4. The fraction of sp³-hybridized carbons (Fsp3) is 0.432. The van der Waals surface area contributed by atoms with E-state index in [0.717, 1.165) is 81.9 Å². The molecule has 8 rings (SSSR count). The smallest absolute Gasteiger partial charge is 0.255 e. The lowest BCUT2D eigenvalue weighted by Gasteiger charge is -2.43. The van der Waals surface area contributed by atoms with Gasteiger partial charge in [-0.3, -0.25) is 29.3 Å². The summed E-state index contributed by atoms with van der Waals surface area (Å²) in [5.41, 5.74) is 5.48. The number of rotatable bonds is 14. The van der Waals surface area contributed by atoms with Crippen molar-refractivity contribution in [2.24, 2.45) is 0 Å². The molecule has 0 bridgehead atoms. The Kier molecular flexibility index (Phi) is 11.8. The molecule has 0 saturated carbocycles. The number of ether oxygens (including phenoxy) is 2. The van der Waals surface area contributed by atoms with E-state index < -0.39 is 28.2 Å². The Morgan fingerprint density at radius 2 is 1.71 bits per heavy atom. The number of aromatic nitrogens is 2. The van der Waals surface area contributed by atoms with Gasteiger partial charge in [-0.05, 0) is 73.6 Å². The summed E-state index contributed by atoms with van der Waals surface area (Å²) in [6.07, 6.45) is 1.58. The summed E-state index contributed by atoms with van der Waals surface area (Å²) in [5, 5.41) is 8.69. The molecule has 334 valence electrons. The Bertz CT molecular complexity index is 2630. The van der Waals surface area contributed by atoms with Crippen LogP contribution in [0.4, 0.5) is 34.5 Å². The number of imide groups is 1. The SMILES string of the molecule is [2H]C([2H])([2H])S(=O)(=O)Nc1c(Nc2nc(Nc3cc(C)c(N4CCC(N5CCN(CCc6ccc7c(c6)CN(C6CCC(=O)NC6=O)C7=O)CC5)CC4)cc3OC)ncc2Cl)cccc1OC. The van der Waals surface area contributed by atoms with Crippen LogP contribution < -0.4 is 35.0 Å². The first-order chi connectivity index (χ1) is 31.5. The van der Waals surface area contributed by atoms with Gasteiger partial charge in [-0.2, -0.15) is 4.98 Å². The number of anilines is 6. The third kappa shape index (κ3) is 9.93. The summed E-state index contributed by atoms with van der Waals surface area (Å²) in [6, 6.07) is 14.5. The molecule has 1 atom stereocenters. The largest absolute Gasteiger partial charge is 0.494 e. The Labute approximate surface area is 376 Å². The Balaban J connectivity index is 0.837. The van der Waals surface area contributed by atoms with Gasteiger partial charge in [-0.25, -0.2) is 13.4 Å². The number of sulfonamides is 1. The third-order valence-electron chi connectivity index (χ3n) is 12.3. The van der Waals surface area contributed by atoms with E-state index in [9.17, 15) is 22.8 Å². The van der Waals surface area contributed by atoms with Gasteiger partial charge in [0.1, 0.15) is 28.3 Å². The first kappa shape index (κ1) is 40.1. The second kappa shape index (κ2) is 18.6. The molecule has 0 radical (unpaired) electrons. The zero-order valence-corrected chi connectivity index (χ0v) is 36.9. The molecule has 4 aliphatic heterocycles. The first-order valence-corrected chi connectivity index (χ1v) is 22.8. The molecule has 0 spiro atoms. The first-order valence-electron chi connectivity index (χ1n) is 22.4. The predicted octanol–water partition coefficient (Wildman–Crippen LogP) is 4.90. The van der Waals surface area contributed by atoms with Gasteiger partial charge in [0, 0.05) is 86.3 Å². The molecule has 3 amide bonds. The summed E-state index contributed by atoms with van der Waals surface area (Å²) in [6.45, 7) is 9.14. The maximum absolute atomic E-state index is 13.1. The fourth-order valence-corrected chi connectivity index (χ4v) is 9.60. The lowest BCUT2D eigenvalue weighted by molar-refractivity contribution is -0.136. The number of carbonyl (C=O) groups excluding carboxylic acids is 3. The number of halogens is 1. The van der Waals surface area contributed by atoms with Gasteiger partial charge in [-0.1, -0.05) is 29.8 Å². The summed E-state index contributed by atoms with van der Waals surface area (Å²) >= 11 is 6.48. The average Bonchev–Trinajstić information content (AvgIpc) is 3.61. The number of piperidine rings is 2. The molecule has 3 fully saturated rings. The number of para-hydroxylation sites is 1. The van der Waals surface area contributed by atoms with E-state index in [-0.39, 0.29) is 52.1 Å². The second-order valence-electron chi connectivity index (χ2n) is 16.2. The van der Waals surface area contributed by atoms with Gasteiger partial charge in [0.25, 0.3) is 5.91 Å². The molecule has 3 saturated heterocycles. The van der Waals surface area contributed by atoms with Crippen molar-refractivity contribution in [3.05, 3.63) is 82.0 Å². The van der Waals surface area contributed by atoms with Crippen molar-refractivity contribution < 1.29 is 36.4 Å². The molecule has 1 aromatic heterocycles. The molecule has 5 heterocycles. The van der Waals surface area contributed by atoms with Crippen molar-refractivity contribution in [2.45, 2.75) is 57.7 Å².